The summed E-state index contributed by atoms with van der Waals surface area (Å²) in [6, 6.07) is 1.76. The fraction of sp³-hybridized carbons (Fsp3) is 0.615. The van der Waals surface area contributed by atoms with Gasteiger partial charge in [0.2, 0.25) is 0 Å². The highest BCUT2D eigenvalue weighted by atomic mass is 19.3. The number of alkyl halides is 2. The van der Waals surface area contributed by atoms with Crippen LogP contribution < -0.4 is 10.6 Å². The van der Waals surface area contributed by atoms with Crippen LogP contribution in [-0.2, 0) is 5.60 Å². The Kier molecular flexibility index (Phi) is 5.50. The maximum absolute atomic E-state index is 12.1. The van der Waals surface area contributed by atoms with Crippen LogP contribution in [0.3, 0.4) is 0 Å². The number of furan rings is 1. The van der Waals surface area contributed by atoms with Gasteiger partial charge in [0, 0.05) is 12.6 Å². The van der Waals surface area contributed by atoms with Gasteiger partial charge in [-0.25, -0.2) is 8.78 Å². The van der Waals surface area contributed by atoms with Gasteiger partial charge in [0.05, 0.1) is 13.1 Å². The van der Waals surface area contributed by atoms with Crippen molar-refractivity contribution in [1.29, 1.82) is 0 Å². The molecule has 1 atom stereocenters. The molecule has 0 saturated heterocycles. The largest absolute Gasteiger partial charge is 0.466 e. The smallest absolute Gasteiger partial charge is 0.255 e. The van der Waals surface area contributed by atoms with Gasteiger partial charge in [-0.1, -0.05) is 0 Å². The fourth-order valence-corrected chi connectivity index (χ4v) is 1.91. The third kappa shape index (κ3) is 4.48. The number of nitrogens with one attached hydrogen (secondary N) is 2. The van der Waals surface area contributed by atoms with Gasteiger partial charge >= 0.3 is 0 Å². The average Bonchev–Trinajstić information content (AvgIpc) is 2.69. The molecular weight excluding hydrogens is 268 g/mol. The number of aryl methyl sites for hydroxylation is 2. The highest BCUT2D eigenvalue weighted by Gasteiger charge is 2.27. The SMILES string of the molecule is CN=C(NCC(F)F)NCC(C)(O)c1cc(C)oc1C. The summed E-state index contributed by atoms with van der Waals surface area (Å²) in [4.78, 5) is 3.81. The van der Waals surface area contributed by atoms with Gasteiger partial charge in [-0.2, -0.15) is 0 Å². The van der Waals surface area contributed by atoms with E-state index >= 15 is 0 Å². The first kappa shape index (κ1) is 16.4. The van der Waals surface area contributed by atoms with Crippen LogP contribution in [0.15, 0.2) is 15.5 Å². The summed E-state index contributed by atoms with van der Waals surface area (Å²) >= 11 is 0. The number of halogens is 2. The van der Waals surface area contributed by atoms with E-state index in [1.807, 2.05) is 0 Å². The predicted molar refractivity (Wildman–Crippen MR) is 73.1 cm³/mol. The van der Waals surface area contributed by atoms with E-state index in [9.17, 15) is 13.9 Å². The van der Waals surface area contributed by atoms with Crippen LogP contribution in [0.2, 0.25) is 0 Å². The fourth-order valence-electron chi connectivity index (χ4n) is 1.91. The summed E-state index contributed by atoms with van der Waals surface area (Å²) in [5.74, 6) is 1.55. The number of nitrogens with zero attached hydrogens (tertiary/aromatic N) is 1. The molecular formula is C13H21F2N3O2. The molecule has 5 nitrogen and oxygen atoms in total. The van der Waals surface area contributed by atoms with E-state index in [0.717, 1.165) is 0 Å². The van der Waals surface area contributed by atoms with Crippen LogP contribution >= 0.6 is 0 Å². The van der Waals surface area contributed by atoms with Gasteiger partial charge in [-0.15, -0.1) is 0 Å². The van der Waals surface area contributed by atoms with E-state index in [4.69, 9.17) is 4.42 Å². The molecule has 3 N–H and O–H groups in total. The normalized spacial score (nSPS) is 15.3. The highest BCUT2D eigenvalue weighted by molar-refractivity contribution is 5.79. The molecule has 0 aliphatic rings. The van der Waals surface area contributed by atoms with Crippen molar-refractivity contribution in [3.8, 4) is 0 Å². The van der Waals surface area contributed by atoms with Crippen LogP contribution in [0.4, 0.5) is 8.78 Å². The molecule has 0 fully saturated rings. The van der Waals surface area contributed by atoms with Crippen molar-refractivity contribution in [2.24, 2.45) is 4.99 Å². The zero-order valence-corrected chi connectivity index (χ0v) is 12.1. The average molecular weight is 289 g/mol. The van der Waals surface area contributed by atoms with E-state index < -0.39 is 18.6 Å². The molecule has 0 spiro atoms. The summed E-state index contributed by atoms with van der Waals surface area (Å²) in [7, 11) is 1.47. The van der Waals surface area contributed by atoms with Crippen molar-refractivity contribution < 1.29 is 18.3 Å². The van der Waals surface area contributed by atoms with Crippen molar-refractivity contribution in [3.05, 3.63) is 23.2 Å². The van der Waals surface area contributed by atoms with Gasteiger partial charge < -0.3 is 20.2 Å². The first-order valence-corrected chi connectivity index (χ1v) is 6.29. The first-order valence-electron chi connectivity index (χ1n) is 6.29. The van der Waals surface area contributed by atoms with E-state index in [-0.39, 0.29) is 12.5 Å². The van der Waals surface area contributed by atoms with E-state index in [0.29, 0.717) is 17.1 Å². The quantitative estimate of drug-likeness (QED) is 0.568. The maximum Gasteiger partial charge on any atom is 0.255 e. The van der Waals surface area contributed by atoms with Crippen molar-refractivity contribution in [1.82, 2.24) is 10.6 Å². The first-order chi connectivity index (χ1) is 9.26. The second-order valence-electron chi connectivity index (χ2n) is 4.80. The maximum atomic E-state index is 12.1. The zero-order chi connectivity index (χ0) is 15.3. The van der Waals surface area contributed by atoms with Gasteiger partial charge in [0.25, 0.3) is 6.43 Å². The molecule has 0 bridgehead atoms. The monoisotopic (exact) mass is 289 g/mol. The Morgan fingerprint density at radius 3 is 2.55 bits per heavy atom. The number of hydrogen-bond acceptors (Lipinski definition) is 3. The van der Waals surface area contributed by atoms with Crippen molar-refractivity contribution in [2.75, 3.05) is 20.1 Å². The molecule has 1 unspecified atom stereocenters. The second-order valence-corrected chi connectivity index (χ2v) is 4.80. The third-order valence-electron chi connectivity index (χ3n) is 2.87. The summed E-state index contributed by atoms with van der Waals surface area (Å²) in [6.07, 6.45) is -2.46. The Morgan fingerprint density at radius 2 is 2.10 bits per heavy atom. The Labute approximate surface area is 117 Å². The van der Waals surface area contributed by atoms with E-state index in [1.165, 1.54) is 7.05 Å². The Balaban J connectivity index is 2.64. The molecule has 114 valence electrons. The molecule has 0 aliphatic carbocycles. The number of hydrogen-bond donors (Lipinski definition) is 3. The lowest BCUT2D eigenvalue weighted by Gasteiger charge is -2.24. The molecule has 0 saturated carbocycles. The predicted octanol–water partition coefficient (Wildman–Crippen LogP) is 1.53. The van der Waals surface area contributed by atoms with Gasteiger partial charge in [0.1, 0.15) is 17.1 Å². The Hall–Kier alpha value is -1.63. The standard InChI is InChI=1S/C13H21F2N3O2/c1-8-5-10(9(2)20-8)13(3,19)7-18-12(16-4)17-6-11(14)15/h5,11,19H,6-7H2,1-4H3,(H2,16,17,18). The van der Waals surface area contributed by atoms with Crippen LogP contribution in [0.25, 0.3) is 0 Å². The molecule has 0 radical (unpaired) electrons. The van der Waals surface area contributed by atoms with Crippen LogP contribution in [-0.4, -0.2) is 37.6 Å². The second kappa shape index (κ2) is 6.69. The zero-order valence-electron chi connectivity index (χ0n) is 12.1. The van der Waals surface area contributed by atoms with Crippen molar-refractivity contribution >= 4 is 5.96 Å². The molecule has 1 rings (SSSR count). The molecule has 1 aromatic heterocycles. The van der Waals surface area contributed by atoms with Gasteiger partial charge in [-0.3, -0.25) is 4.99 Å². The topological polar surface area (TPSA) is 69.8 Å². The number of rotatable bonds is 5. The lowest BCUT2D eigenvalue weighted by molar-refractivity contribution is 0.0601. The minimum Gasteiger partial charge on any atom is -0.466 e. The van der Waals surface area contributed by atoms with Crippen LogP contribution in [0.1, 0.15) is 24.0 Å². The molecule has 1 heterocycles. The molecule has 0 aliphatic heterocycles. The van der Waals surface area contributed by atoms with Crippen LogP contribution in [0, 0.1) is 13.8 Å². The summed E-state index contributed by atoms with van der Waals surface area (Å²) in [5, 5.41) is 15.7. The number of aliphatic hydroxyl groups is 1. The lowest BCUT2D eigenvalue weighted by atomic mass is 9.96. The van der Waals surface area contributed by atoms with Gasteiger partial charge in [-0.05, 0) is 26.8 Å². The third-order valence-corrected chi connectivity index (χ3v) is 2.87. The number of guanidine groups is 1. The molecule has 1 aromatic rings. The van der Waals surface area contributed by atoms with Gasteiger partial charge in [0.15, 0.2) is 5.96 Å². The number of aliphatic imine (C=N–C) groups is 1. The van der Waals surface area contributed by atoms with E-state index in [1.54, 1.807) is 26.8 Å². The molecule has 20 heavy (non-hydrogen) atoms. The highest BCUT2D eigenvalue weighted by Crippen LogP contribution is 2.26. The summed E-state index contributed by atoms with van der Waals surface area (Å²) in [6.45, 7) is 4.81. The Morgan fingerprint density at radius 1 is 1.45 bits per heavy atom. The van der Waals surface area contributed by atoms with Crippen molar-refractivity contribution in [3.63, 3.8) is 0 Å². The summed E-state index contributed by atoms with van der Waals surface area (Å²) in [5.41, 5.74) is -0.531. The van der Waals surface area contributed by atoms with E-state index in [2.05, 4.69) is 15.6 Å². The minimum atomic E-state index is -2.46. The molecule has 0 aromatic carbocycles. The summed E-state index contributed by atoms with van der Waals surface area (Å²) < 4.78 is 29.6. The van der Waals surface area contributed by atoms with Crippen LogP contribution in [0.5, 0.6) is 0 Å². The Bertz CT molecular complexity index is 470. The minimum absolute atomic E-state index is 0.121. The molecule has 7 heteroatoms. The van der Waals surface area contributed by atoms with Crippen molar-refractivity contribution in [2.45, 2.75) is 32.8 Å². The lowest BCUT2D eigenvalue weighted by Crippen LogP contribution is -2.45. The molecule has 0 amide bonds.